The highest BCUT2D eigenvalue weighted by Gasteiger charge is 2.14. The zero-order valence-corrected chi connectivity index (χ0v) is 16.3. The standard InChI is InChI=1S/C22H20N4O3/c1-13-6-4-5-7-16(13)24-22-25-20-19(21(27)26-22)15(10-11-23-20)14-8-9-17(28-2)18(12-14)29-3/h4-12H,1-3H3,(H2,23,24,25,26,27). The molecule has 0 fully saturated rings. The lowest BCUT2D eigenvalue weighted by Gasteiger charge is -2.12. The van der Waals surface area contributed by atoms with Crippen LogP contribution in [0.25, 0.3) is 22.2 Å². The minimum absolute atomic E-state index is 0.274. The van der Waals surface area contributed by atoms with Crippen molar-refractivity contribution in [2.24, 2.45) is 0 Å². The van der Waals surface area contributed by atoms with Crippen molar-refractivity contribution >= 4 is 22.7 Å². The second kappa shape index (κ2) is 7.63. The first-order valence-corrected chi connectivity index (χ1v) is 9.05. The molecule has 7 nitrogen and oxygen atoms in total. The molecule has 0 saturated carbocycles. The Balaban J connectivity index is 1.82. The van der Waals surface area contributed by atoms with Crippen LogP contribution in [0.4, 0.5) is 11.6 Å². The van der Waals surface area contributed by atoms with Crippen LogP contribution < -0.4 is 20.3 Å². The van der Waals surface area contributed by atoms with Crippen molar-refractivity contribution in [2.45, 2.75) is 6.92 Å². The molecule has 0 saturated heterocycles. The summed E-state index contributed by atoms with van der Waals surface area (Å²) in [4.78, 5) is 24.5. The number of benzene rings is 2. The number of H-pyrrole nitrogens is 1. The highest BCUT2D eigenvalue weighted by Crippen LogP contribution is 2.34. The molecule has 7 heteroatoms. The van der Waals surface area contributed by atoms with Crippen LogP contribution in [-0.2, 0) is 0 Å². The van der Waals surface area contributed by atoms with Gasteiger partial charge in [0.2, 0.25) is 5.95 Å². The van der Waals surface area contributed by atoms with Crippen molar-refractivity contribution in [3.63, 3.8) is 0 Å². The van der Waals surface area contributed by atoms with E-state index in [2.05, 4.69) is 20.3 Å². The van der Waals surface area contributed by atoms with E-state index >= 15 is 0 Å². The highest BCUT2D eigenvalue weighted by molar-refractivity contribution is 5.92. The minimum atomic E-state index is -0.274. The fourth-order valence-corrected chi connectivity index (χ4v) is 3.21. The average Bonchev–Trinajstić information content (AvgIpc) is 2.74. The summed E-state index contributed by atoms with van der Waals surface area (Å²) in [5.74, 6) is 1.54. The molecule has 0 aliphatic rings. The lowest BCUT2D eigenvalue weighted by Crippen LogP contribution is -2.13. The van der Waals surface area contributed by atoms with E-state index in [1.54, 1.807) is 32.5 Å². The Morgan fingerprint density at radius 3 is 2.55 bits per heavy atom. The number of fused-ring (bicyclic) bond motifs is 1. The Labute approximate surface area is 167 Å². The summed E-state index contributed by atoms with van der Waals surface area (Å²) >= 11 is 0. The third-order valence-electron chi connectivity index (χ3n) is 4.70. The first-order valence-electron chi connectivity index (χ1n) is 9.05. The number of aromatic amines is 1. The van der Waals surface area contributed by atoms with Crippen LogP contribution in [0.15, 0.2) is 59.5 Å². The van der Waals surface area contributed by atoms with E-state index in [0.29, 0.717) is 34.0 Å². The van der Waals surface area contributed by atoms with Crippen LogP contribution in [0.2, 0.25) is 0 Å². The number of hydrogen-bond donors (Lipinski definition) is 2. The molecule has 4 rings (SSSR count). The van der Waals surface area contributed by atoms with Crippen molar-refractivity contribution < 1.29 is 9.47 Å². The molecular formula is C22H20N4O3. The number of anilines is 2. The number of aryl methyl sites for hydroxylation is 1. The first-order chi connectivity index (χ1) is 14.1. The molecule has 0 radical (unpaired) electrons. The minimum Gasteiger partial charge on any atom is -0.493 e. The van der Waals surface area contributed by atoms with Gasteiger partial charge >= 0.3 is 0 Å². The van der Waals surface area contributed by atoms with Gasteiger partial charge in [-0.25, -0.2) is 4.98 Å². The number of nitrogens with zero attached hydrogens (tertiary/aromatic N) is 2. The Bertz CT molecular complexity index is 1250. The molecule has 2 heterocycles. The van der Waals surface area contributed by atoms with Gasteiger partial charge in [-0.3, -0.25) is 9.78 Å². The molecule has 0 aliphatic heterocycles. The third-order valence-corrected chi connectivity index (χ3v) is 4.70. The van der Waals surface area contributed by atoms with Gasteiger partial charge in [-0.2, -0.15) is 4.98 Å². The number of para-hydroxylation sites is 1. The van der Waals surface area contributed by atoms with Crippen molar-refractivity contribution in [1.29, 1.82) is 0 Å². The molecular weight excluding hydrogens is 368 g/mol. The monoisotopic (exact) mass is 388 g/mol. The summed E-state index contributed by atoms with van der Waals surface area (Å²) in [6.45, 7) is 1.98. The molecule has 0 amide bonds. The molecule has 2 aromatic heterocycles. The Kier molecular flexibility index (Phi) is 4.87. The van der Waals surface area contributed by atoms with E-state index in [9.17, 15) is 4.79 Å². The number of ether oxygens (including phenoxy) is 2. The van der Waals surface area contributed by atoms with Gasteiger partial charge in [0.15, 0.2) is 17.1 Å². The van der Waals surface area contributed by atoms with Gasteiger partial charge in [0.25, 0.3) is 5.56 Å². The predicted octanol–water partition coefficient (Wildman–Crippen LogP) is 4.05. The number of hydrogen-bond acceptors (Lipinski definition) is 6. The van der Waals surface area contributed by atoms with Crippen LogP contribution >= 0.6 is 0 Å². The Hall–Kier alpha value is -3.87. The summed E-state index contributed by atoms with van der Waals surface area (Å²) in [6, 6.07) is 15.1. The molecule has 4 aromatic rings. The molecule has 0 unspecified atom stereocenters. The number of aromatic nitrogens is 3. The normalized spacial score (nSPS) is 10.7. The van der Waals surface area contributed by atoms with Crippen LogP contribution in [0, 0.1) is 6.92 Å². The lowest BCUT2D eigenvalue weighted by atomic mass is 10.0. The maximum Gasteiger partial charge on any atom is 0.262 e. The van der Waals surface area contributed by atoms with Gasteiger partial charge in [0, 0.05) is 11.9 Å². The zero-order chi connectivity index (χ0) is 20.4. The van der Waals surface area contributed by atoms with Crippen LogP contribution in [-0.4, -0.2) is 29.2 Å². The average molecular weight is 388 g/mol. The second-order valence-electron chi connectivity index (χ2n) is 6.48. The predicted molar refractivity (Wildman–Crippen MR) is 113 cm³/mol. The van der Waals surface area contributed by atoms with Gasteiger partial charge < -0.3 is 14.8 Å². The molecule has 146 valence electrons. The number of pyridine rings is 1. The summed E-state index contributed by atoms with van der Waals surface area (Å²) < 4.78 is 10.7. The van der Waals surface area contributed by atoms with E-state index < -0.39 is 0 Å². The molecule has 2 aromatic carbocycles. The van der Waals surface area contributed by atoms with E-state index in [1.807, 2.05) is 43.3 Å². The van der Waals surface area contributed by atoms with E-state index in [4.69, 9.17) is 9.47 Å². The SMILES string of the molecule is COc1ccc(-c2ccnc3nc(Nc4ccccc4C)[nH]c(=O)c23)cc1OC. The molecule has 29 heavy (non-hydrogen) atoms. The summed E-state index contributed by atoms with van der Waals surface area (Å²) in [5.41, 5.74) is 3.52. The van der Waals surface area contributed by atoms with Crippen molar-refractivity contribution in [1.82, 2.24) is 15.0 Å². The van der Waals surface area contributed by atoms with Crippen molar-refractivity contribution in [2.75, 3.05) is 19.5 Å². The Morgan fingerprint density at radius 2 is 1.79 bits per heavy atom. The van der Waals surface area contributed by atoms with Gasteiger partial charge in [0.1, 0.15) is 0 Å². The van der Waals surface area contributed by atoms with Crippen LogP contribution in [0.3, 0.4) is 0 Å². The smallest absolute Gasteiger partial charge is 0.262 e. The maximum absolute atomic E-state index is 12.9. The zero-order valence-electron chi connectivity index (χ0n) is 16.3. The summed E-state index contributed by atoms with van der Waals surface area (Å²) in [6.07, 6.45) is 1.64. The van der Waals surface area contributed by atoms with Crippen LogP contribution in [0.5, 0.6) is 11.5 Å². The molecule has 0 bridgehead atoms. The van der Waals surface area contributed by atoms with Crippen molar-refractivity contribution in [3.05, 3.63) is 70.6 Å². The van der Waals surface area contributed by atoms with Crippen molar-refractivity contribution in [3.8, 4) is 22.6 Å². The Morgan fingerprint density at radius 1 is 1.00 bits per heavy atom. The topological polar surface area (TPSA) is 89.1 Å². The fourth-order valence-electron chi connectivity index (χ4n) is 3.21. The second-order valence-corrected chi connectivity index (χ2v) is 6.48. The van der Waals surface area contributed by atoms with Gasteiger partial charge in [-0.15, -0.1) is 0 Å². The number of nitrogens with one attached hydrogen (secondary N) is 2. The van der Waals surface area contributed by atoms with Gasteiger partial charge in [-0.1, -0.05) is 24.3 Å². The molecule has 0 aliphatic carbocycles. The summed E-state index contributed by atoms with van der Waals surface area (Å²) in [5, 5.41) is 3.57. The fraction of sp³-hybridized carbons (Fsp3) is 0.136. The van der Waals surface area contributed by atoms with Gasteiger partial charge in [0.05, 0.1) is 19.6 Å². The largest absolute Gasteiger partial charge is 0.493 e. The van der Waals surface area contributed by atoms with E-state index in [0.717, 1.165) is 16.8 Å². The summed E-state index contributed by atoms with van der Waals surface area (Å²) in [7, 11) is 3.15. The quantitative estimate of drug-likeness (QED) is 0.536. The molecule has 2 N–H and O–H groups in total. The first kappa shape index (κ1) is 18.5. The number of methoxy groups -OCH3 is 2. The van der Waals surface area contributed by atoms with Crippen LogP contribution in [0.1, 0.15) is 5.56 Å². The van der Waals surface area contributed by atoms with E-state index in [1.165, 1.54) is 0 Å². The van der Waals surface area contributed by atoms with Gasteiger partial charge in [-0.05, 0) is 47.9 Å². The highest BCUT2D eigenvalue weighted by atomic mass is 16.5. The lowest BCUT2D eigenvalue weighted by molar-refractivity contribution is 0.355. The van der Waals surface area contributed by atoms with E-state index in [-0.39, 0.29) is 5.56 Å². The third kappa shape index (κ3) is 3.50. The maximum atomic E-state index is 12.9. The molecule has 0 atom stereocenters. The molecule has 0 spiro atoms. The number of rotatable bonds is 5.